The summed E-state index contributed by atoms with van der Waals surface area (Å²) < 4.78 is 22.8. The van der Waals surface area contributed by atoms with Gasteiger partial charge in [0.15, 0.2) is 0 Å². The van der Waals surface area contributed by atoms with Crippen LogP contribution in [0.2, 0.25) is 0 Å². The zero-order chi connectivity index (χ0) is 23.6. The molecule has 0 aliphatic carbocycles. The molecule has 0 spiro atoms. The molecule has 11 nitrogen and oxygen atoms in total. The molecular formula is C20H18N4O7S. The van der Waals surface area contributed by atoms with Gasteiger partial charge in [0, 0.05) is 24.2 Å². The fourth-order valence-electron chi connectivity index (χ4n) is 3.32. The second-order valence-corrected chi connectivity index (χ2v) is 8.44. The van der Waals surface area contributed by atoms with Gasteiger partial charge in [-0.3, -0.25) is 24.5 Å². The van der Waals surface area contributed by atoms with Crippen LogP contribution >= 0.6 is 0 Å². The lowest BCUT2D eigenvalue weighted by atomic mass is 10.1. The Bertz CT molecular complexity index is 1220. The predicted octanol–water partition coefficient (Wildman–Crippen LogP) is 1.20. The molecule has 0 radical (unpaired) electrons. The van der Waals surface area contributed by atoms with E-state index in [1.54, 1.807) is 0 Å². The second kappa shape index (κ2) is 8.69. The summed E-state index contributed by atoms with van der Waals surface area (Å²) in [7, 11) is -3.95. The first-order valence-corrected chi connectivity index (χ1v) is 10.7. The Hall–Kier alpha value is -3.90. The van der Waals surface area contributed by atoms with Gasteiger partial charge in [0.1, 0.15) is 6.04 Å². The summed E-state index contributed by atoms with van der Waals surface area (Å²) in [6.07, 6.45) is 1.06. The van der Waals surface area contributed by atoms with Crippen molar-refractivity contribution in [1.82, 2.24) is 4.90 Å². The Kier molecular flexibility index (Phi) is 6.18. The molecule has 1 unspecified atom stereocenters. The van der Waals surface area contributed by atoms with E-state index >= 15 is 0 Å². The van der Waals surface area contributed by atoms with Crippen LogP contribution in [-0.4, -0.2) is 48.5 Å². The first kappa shape index (κ1) is 22.8. The van der Waals surface area contributed by atoms with Crippen LogP contribution in [-0.2, 0) is 19.6 Å². The lowest BCUT2D eigenvalue weighted by Gasteiger charge is -2.26. The minimum atomic E-state index is -3.95. The molecule has 1 saturated heterocycles. The quantitative estimate of drug-likeness (QED) is 0.282. The number of rotatable bonds is 7. The highest BCUT2D eigenvalue weighted by Crippen LogP contribution is 2.28. The standard InChI is InChI=1S/C20H18N4O7S/c1-2-10-22(19(26)13-4-3-5-15(11-13)24(28)29)17-12-18(25)23(20(17)27)14-6-8-16(9-7-14)32(21,30)31/h2-9,11,17H,1,10,12H2,(H2,21,30,31). The molecule has 2 aromatic carbocycles. The summed E-state index contributed by atoms with van der Waals surface area (Å²) in [5.74, 6) is -1.96. The number of non-ortho nitro benzene ring substituents is 1. The molecule has 1 fully saturated rings. The van der Waals surface area contributed by atoms with E-state index in [1.807, 2.05) is 0 Å². The molecule has 0 bridgehead atoms. The number of nitro groups is 1. The fourth-order valence-corrected chi connectivity index (χ4v) is 3.84. The maximum Gasteiger partial charge on any atom is 0.270 e. The number of anilines is 1. The molecule has 32 heavy (non-hydrogen) atoms. The molecule has 3 rings (SSSR count). The third kappa shape index (κ3) is 4.40. The van der Waals surface area contributed by atoms with Crippen molar-refractivity contribution in [1.29, 1.82) is 0 Å². The molecule has 1 atom stereocenters. The van der Waals surface area contributed by atoms with Crippen molar-refractivity contribution in [2.45, 2.75) is 17.4 Å². The van der Waals surface area contributed by atoms with Gasteiger partial charge in [-0.2, -0.15) is 0 Å². The molecule has 2 N–H and O–H groups in total. The topological polar surface area (TPSA) is 161 Å². The number of sulfonamides is 1. The van der Waals surface area contributed by atoms with Gasteiger partial charge in [0.2, 0.25) is 15.9 Å². The Morgan fingerprint density at radius 3 is 2.47 bits per heavy atom. The molecular weight excluding hydrogens is 440 g/mol. The molecule has 1 aliphatic heterocycles. The Morgan fingerprint density at radius 1 is 1.25 bits per heavy atom. The van der Waals surface area contributed by atoms with Gasteiger partial charge in [-0.05, 0) is 30.3 Å². The largest absolute Gasteiger partial charge is 0.322 e. The Balaban J connectivity index is 1.91. The van der Waals surface area contributed by atoms with Crippen molar-refractivity contribution in [2.75, 3.05) is 11.4 Å². The first-order chi connectivity index (χ1) is 15.0. The number of primary sulfonamides is 1. The van der Waals surface area contributed by atoms with E-state index < -0.39 is 38.7 Å². The number of carbonyl (C=O) groups excluding carboxylic acids is 3. The molecule has 1 aliphatic rings. The Labute approximate surface area is 182 Å². The number of amides is 3. The van der Waals surface area contributed by atoms with Crippen LogP contribution in [0.3, 0.4) is 0 Å². The molecule has 12 heteroatoms. The van der Waals surface area contributed by atoms with Gasteiger partial charge in [0.05, 0.1) is 21.9 Å². The number of benzene rings is 2. The summed E-state index contributed by atoms with van der Waals surface area (Å²) >= 11 is 0. The number of nitrogens with two attached hydrogens (primary N) is 1. The zero-order valence-electron chi connectivity index (χ0n) is 16.6. The van der Waals surface area contributed by atoms with E-state index in [1.165, 1.54) is 36.4 Å². The van der Waals surface area contributed by atoms with Crippen LogP contribution < -0.4 is 10.0 Å². The summed E-state index contributed by atoms with van der Waals surface area (Å²) in [4.78, 5) is 50.8. The molecule has 0 saturated carbocycles. The number of hydrogen-bond acceptors (Lipinski definition) is 7. The summed E-state index contributed by atoms with van der Waals surface area (Å²) in [5.41, 5.74) is -0.187. The van der Waals surface area contributed by atoms with E-state index in [-0.39, 0.29) is 34.8 Å². The summed E-state index contributed by atoms with van der Waals surface area (Å²) in [5, 5.41) is 16.1. The van der Waals surface area contributed by atoms with Gasteiger partial charge in [-0.25, -0.2) is 18.5 Å². The maximum atomic E-state index is 13.1. The van der Waals surface area contributed by atoms with Gasteiger partial charge in [-0.15, -0.1) is 6.58 Å². The Morgan fingerprint density at radius 2 is 1.91 bits per heavy atom. The molecule has 2 aromatic rings. The van der Waals surface area contributed by atoms with Crippen molar-refractivity contribution in [3.05, 3.63) is 76.9 Å². The lowest BCUT2D eigenvalue weighted by Crippen LogP contribution is -2.45. The van der Waals surface area contributed by atoms with E-state index in [9.17, 15) is 32.9 Å². The van der Waals surface area contributed by atoms with Gasteiger partial charge >= 0.3 is 0 Å². The monoisotopic (exact) mass is 458 g/mol. The van der Waals surface area contributed by atoms with Gasteiger partial charge in [0.25, 0.3) is 17.5 Å². The van der Waals surface area contributed by atoms with Crippen LogP contribution in [0.25, 0.3) is 0 Å². The first-order valence-electron chi connectivity index (χ1n) is 9.20. The average Bonchev–Trinajstić information content (AvgIpc) is 3.04. The minimum absolute atomic E-state index is 0.0164. The van der Waals surface area contributed by atoms with Crippen molar-refractivity contribution in [2.24, 2.45) is 5.14 Å². The fraction of sp³-hybridized carbons (Fsp3) is 0.150. The average molecular weight is 458 g/mol. The van der Waals surface area contributed by atoms with E-state index in [0.29, 0.717) is 0 Å². The third-order valence-corrected chi connectivity index (χ3v) is 5.74. The SMILES string of the molecule is C=CCN(C(=O)c1cccc([N+](=O)[O-])c1)C1CC(=O)N(c2ccc(S(N)(=O)=O)cc2)C1=O. The van der Waals surface area contributed by atoms with Crippen molar-refractivity contribution < 1.29 is 27.7 Å². The molecule has 1 heterocycles. The number of nitro benzene ring substituents is 1. The zero-order valence-corrected chi connectivity index (χ0v) is 17.4. The second-order valence-electron chi connectivity index (χ2n) is 6.88. The summed E-state index contributed by atoms with van der Waals surface area (Å²) in [6.45, 7) is 3.49. The number of hydrogen-bond donors (Lipinski definition) is 1. The molecule has 0 aromatic heterocycles. The van der Waals surface area contributed by atoms with E-state index in [0.717, 1.165) is 28.0 Å². The number of carbonyl (C=O) groups is 3. The van der Waals surface area contributed by atoms with Crippen molar-refractivity contribution >= 4 is 39.1 Å². The minimum Gasteiger partial charge on any atom is -0.322 e. The van der Waals surface area contributed by atoms with E-state index in [2.05, 4.69) is 6.58 Å². The van der Waals surface area contributed by atoms with Crippen molar-refractivity contribution in [3.8, 4) is 0 Å². The number of nitrogens with zero attached hydrogens (tertiary/aromatic N) is 3. The van der Waals surface area contributed by atoms with Crippen LogP contribution in [0.15, 0.2) is 66.1 Å². The molecule has 3 amide bonds. The van der Waals surface area contributed by atoms with Crippen molar-refractivity contribution in [3.63, 3.8) is 0 Å². The van der Waals surface area contributed by atoms with Crippen LogP contribution in [0.1, 0.15) is 16.8 Å². The van der Waals surface area contributed by atoms with Crippen LogP contribution in [0.4, 0.5) is 11.4 Å². The summed E-state index contributed by atoms with van der Waals surface area (Å²) in [6, 6.07) is 8.72. The van der Waals surface area contributed by atoms with Gasteiger partial charge < -0.3 is 4.90 Å². The van der Waals surface area contributed by atoms with Gasteiger partial charge in [-0.1, -0.05) is 12.1 Å². The smallest absolute Gasteiger partial charge is 0.270 e. The predicted molar refractivity (Wildman–Crippen MR) is 113 cm³/mol. The molecule has 166 valence electrons. The van der Waals surface area contributed by atoms with Crippen LogP contribution in [0, 0.1) is 10.1 Å². The maximum absolute atomic E-state index is 13.1. The van der Waals surface area contributed by atoms with E-state index in [4.69, 9.17) is 5.14 Å². The highest BCUT2D eigenvalue weighted by atomic mass is 32.2. The lowest BCUT2D eigenvalue weighted by molar-refractivity contribution is -0.384. The highest BCUT2D eigenvalue weighted by Gasteiger charge is 2.44. The normalized spacial score (nSPS) is 16.2. The third-order valence-electron chi connectivity index (χ3n) is 4.81. The number of imide groups is 1. The highest BCUT2D eigenvalue weighted by molar-refractivity contribution is 7.89. The van der Waals surface area contributed by atoms with Crippen LogP contribution in [0.5, 0.6) is 0 Å².